The minimum Gasteiger partial charge on any atom is -0.200 e. The summed E-state index contributed by atoms with van der Waals surface area (Å²) in [5.74, 6) is 2.43. The van der Waals surface area contributed by atoms with Crippen LogP contribution in [-0.4, -0.2) is 14.1 Å². The molecule has 2 aliphatic carbocycles. The minimum atomic E-state index is -3.58. The molecule has 4 unspecified atom stereocenters. The lowest BCUT2D eigenvalue weighted by Gasteiger charge is -2.21. The van der Waals surface area contributed by atoms with E-state index < -0.39 is 10.0 Å². The predicted molar refractivity (Wildman–Crippen MR) is 97.5 cm³/mol. The molecule has 5 heteroatoms. The average molecular weight is 349 g/mol. The second-order valence-electron chi connectivity index (χ2n) is 7.51. The minimum absolute atomic E-state index is 0.277. The fourth-order valence-electron chi connectivity index (χ4n) is 4.24. The van der Waals surface area contributed by atoms with Crippen LogP contribution in [0.15, 0.2) is 34.3 Å². The molecule has 2 aliphatic rings. The maximum Gasteiger partial charge on any atom is 0.276 e. The molecule has 0 radical (unpaired) electrons. The van der Waals surface area contributed by atoms with E-state index >= 15 is 0 Å². The Morgan fingerprint density at radius 2 is 1.96 bits per heavy atom. The third-order valence-corrected chi connectivity index (χ3v) is 7.21. The number of benzene rings is 1. The van der Waals surface area contributed by atoms with Gasteiger partial charge in [0.2, 0.25) is 0 Å². The molecule has 0 aliphatic heterocycles. The van der Waals surface area contributed by atoms with Gasteiger partial charge < -0.3 is 0 Å². The lowest BCUT2D eigenvalue weighted by molar-refractivity contribution is 0.413. The largest absolute Gasteiger partial charge is 0.276 e. The van der Waals surface area contributed by atoms with Crippen LogP contribution in [0.4, 0.5) is 0 Å². The molecule has 3 rings (SSSR count). The summed E-state index contributed by atoms with van der Waals surface area (Å²) in [6.07, 6.45) is 6.11. The van der Waals surface area contributed by atoms with Gasteiger partial charge in [0.15, 0.2) is 0 Å². The Morgan fingerprint density at radius 1 is 1.25 bits per heavy atom. The molecule has 24 heavy (non-hydrogen) atoms. The monoisotopic (exact) mass is 348 g/mol. The topological polar surface area (TPSA) is 58.5 Å². The number of rotatable bonds is 6. The summed E-state index contributed by atoms with van der Waals surface area (Å²) in [5.41, 5.74) is 2.10. The molecule has 4 atom stereocenters. The van der Waals surface area contributed by atoms with E-state index in [1.165, 1.54) is 25.7 Å². The van der Waals surface area contributed by atoms with Crippen LogP contribution in [0, 0.1) is 17.8 Å². The summed E-state index contributed by atoms with van der Waals surface area (Å²) >= 11 is 0. The maximum absolute atomic E-state index is 12.4. The van der Waals surface area contributed by atoms with Gasteiger partial charge in [-0.15, -0.1) is 0 Å². The Bertz CT molecular complexity index is 709. The summed E-state index contributed by atoms with van der Waals surface area (Å²) in [5, 5.41) is 4.23. The first-order valence-electron chi connectivity index (χ1n) is 9.06. The quantitative estimate of drug-likeness (QED) is 0.616. The zero-order valence-electron chi connectivity index (χ0n) is 14.8. The van der Waals surface area contributed by atoms with Crippen LogP contribution < -0.4 is 4.83 Å². The standard InChI is InChI=1S/C19H28N2O2S/c1-4-13(2)16-7-9-18(10-8-16)24(22,23)21-20-14(3)19-12-15-5-6-17(19)11-15/h7-10,13,15,17,19,21H,4-6,11-12H2,1-3H3. The molecular weight excluding hydrogens is 320 g/mol. The highest BCUT2D eigenvalue weighted by Gasteiger charge is 2.40. The first-order chi connectivity index (χ1) is 11.4. The lowest BCUT2D eigenvalue weighted by Crippen LogP contribution is -2.24. The molecule has 1 aromatic rings. The number of sulfonamides is 1. The number of nitrogens with one attached hydrogen (secondary N) is 1. The van der Waals surface area contributed by atoms with Crippen molar-refractivity contribution in [2.45, 2.75) is 63.7 Å². The zero-order chi connectivity index (χ0) is 17.3. The Kier molecular flexibility index (Phi) is 5.00. The summed E-state index contributed by atoms with van der Waals surface area (Å²) in [6, 6.07) is 7.14. The van der Waals surface area contributed by atoms with E-state index in [-0.39, 0.29) is 4.90 Å². The van der Waals surface area contributed by atoms with Crippen LogP contribution in [0.2, 0.25) is 0 Å². The molecule has 0 aromatic heterocycles. The lowest BCUT2D eigenvalue weighted by atomic mass is 9.86. The summed E-state index contributed by atoms with van der Waals surface area (Å²) in [4.78, 5) is 2.71. The molecule has 0 spiro atoms. The normalized spacial score (nSPS) is 28.1. The number of fused-ring (bicyclic) bond motifs is 2. The van der Waals surface area contributed by atoms with Gasteiger partial charge in [-0.05, 0) is 68.1 Å². The van der Waals surface area contributed by atoms with Crippen LogP contribution in [0.25, 0.3) is 0 Å². The third-order valence-electron chi connectivity index (χ3n) is 5.99. The van der Waals surface area contributed by atoms with Crippen LogP contribution in [0.5, 0.6) is 0 Å². The van der Waals surface area contributed by atoms with Crippen LogP contribution in [0.1, 0.15) is 64.4 Å². The average Bonchev–Trinajstić information content (AvgIpc) is 3.22. The highest BCUT2D eigenvalue weighted by Crippen LogP contribution is 2.48. The molecular formula is C19H28N2O2S. The third kappa shape index (κ3) is 3.51. The van der Waals surface area contributed by atoms with Crippen molar-refractivity contribution < 1.29 is 8.42 Å². The number of hydrazone groups is 1. The molecule has 2 bridgehead atoms. The first kappa shape index (κ1) is 17.5. The zero-order valence-corrected chi connectivity index (χ0v) is 15.6. The second-order valence-corrected chi connectivity index (χ2v) is 9.17. The predicted octanol–water partition coefficient (Wildman–Crippen LogP) is 4.29. The van der Waals surface area contributed by atoms with E-state index in [9.17, 15) is 8.42 Å². The van der Waals surface area contributed by atoms with E-state index in [4.69, 9.17) is 0 Å². The van der Waals surface area contributed by atoms with Crippen LogP contribution in [0.3, 0.4) is 0 Å². The van der Waals surface area contributed by atoms with Crippen LogP contribution in [-0.2, 0) is 10.0 Å². The van der Waals surface area contributed by atoms with Crippen molar-refractivity contribution in [1.82, 2.24) is 4.83 Å². The molecule has 0 saturated heterocycles. The first-order valence-corrected chi connectivity index (χ1v) is 10.5. The van der Waals surface area contributed by atoms with Crippen molar-refractivity contribution in [3.8, 4) is 0 Å². The Labute approximate surface area is 145 Å². The summed E-state index contributed by atoms with van der Waals surface area (Å²) in [6.45, 7) is 6.23. The fraction of sp³-hybridized carbons (Fsp3) is 0.632. The van der Waals surface area contributed by atoms with Crippen molar-refractivity contribution in [3.05, 3.63) is 29.8 Å². The van der Waals surface area contributed by atoms with Gasteiger partial charge in [-0.3, -0.25) is 0 Å². The maximum atomic E-state index is 12.4. The van der Waals surface area contributed by atoms with Crippen LogP contribution >= 0.6 is 0 Å². The van der Waals surface area contributed by atoms with Crippen molar-refractivity contribution in [3.63, 3.8) is 0 Å². The van der Waals surface area contributed by atoms with E-state index in [1.807, 2.05) is 19.1 Å². The molecule has 0 amide bonds. The van der Waals surface area contributed by atoms with E-state index in [1.54, 1.807) is 12.1 Å². The molecule has 1 N–H and O–H groups in total. The summed E-state index contributed by atoms with van der Waals surface area (Å²) < 4.78 is 24.9. The molecule has 1 aromatic carbocycles. The number of nitrogens with zero attached hydrogens (tertiary/aromatic N) is 1. The Balaban J connectivity index is 1.68. The molecule has 132 valence electrons. The van der Waals surface area contributed by atoms with E-state index in [2.05, 4.69) is 23.8 Å². The van der Waals surface area contributed by atoms with Crippen molar-refractivity contribution in [2.24, 2.45) is 22.9 Å². The molecule has 2 fully saturated rings. The SMILES string of the molecule is CCC(C)c1ccc(S(=O)(=O)NN=C(C)C2CC3CCC2C3)cc1. The van der Waals surface area contributed by atoms with Crippen molar-refractivity contribution in [1.29, 1.82) is 0 Å². The smallest absolute Gasteiger partial charge is 0.200 e. The second kappa shape index (κ2) is 6.87. The molecule has 4 nitrogen and oxygen atoms in total. The number of hydrogen-bond acceptors (Lipinski definition) is 3. The molecule has 2 saturated carbocycles. The van der Waals surface area contributed by atoms with Gasteiger partial charge in [0.1, 0.15) is 0 Å². The highest BCUT2D eigenvalue weighted by molar-refractivity contribution is 7.89. The highest BCUT2D eigenvalue weighted by atomic mass is 32.2. The Hall–Kier alpha value is -1.36. The van der Waals surface area contributed by atoms with E-state index in [0.717, 1.165) is 23.6 Å². The fourth-order valence-corrected chi connectivity index (χ4v) is 5.10. The van der Waals surface area contributed by atoms with Gasteiger partial charge in [0.05, 0.1) is 4.90 Å². The van der Waals surface area contributed by atoms with Gasteiger partial charge in [0, 0.05) is 11.6 Å². The van der Waals surface area contributed by atoms with Crippen molar-refractivity contribution >= 4 is 15.7 Å². The van der Waals surface area contributed by atoms with Crippen molar-refractivity contribution in [2.75, 3.05) is 0 Å². The number of hydrogen-bond donors (Lipinski definition) is 1. The van der Waals surface area contributed by atoms with E-state index in [0.29, 0.717) is 17.8 Å². The summed E-state index contributed by atoms with van der Waals surface area (Å²) in [7, 11) is -3.58. The van der Waals surface area contributed by atoms with Gasteiger partial charge in [-0.1, -0.05) is 32.4 Å². The molecule has 0 heterocycles. The Morgan fingerprint density at radius 3 is 2.50 bits per heavy atom. The van der Waals surface area contributed by atoms with Gasteiger partial charge in [-0.25, -0.2) is 4.83 Å². The van der Waals surface area contributed by atoms with Gasteiger partial charge in [-0.2, -0.15) is 13.5 Å². The van der Waals surface area contributed by atoms with Gasteiger partial charge in [0.25, 0.3) is 10.0 Å². The van der Waals surface area contributed by atoms with Gasteiger partial charge >= 0.3 is 0 Å².